The second-order valence-electron chi connectivity index (χ2n) is 4.87. The minimum atomic E-state index is -0.959. The normalized spacial score (nSPS) is 21.6. The van der Waals surface area contributed by atoms with E-state index in [0.29, 0.717) is 24.6 Å². The molecule has 3 rings (SSSR count). The van der Waals surface area contributed by atoms with Gasteiger partial charge in [0, 0.05) is 18.0 Å². The van der Waals surface area contributed by atoms with Crippen LogP contribution in [0.4, 0.5) is 0 Å². The van der Waals surface area contributed by atoms with Crippen molar-refractivity contribution >= 4 is 5.97 Å². The maximum atomic E-state index is 10.9. The highest BCUT2D eigenvalue weighted by molar-refractivity contribution is 5.72. The third-order valence-electron chi connectivity index (χ3n) is 3.54. The van der Waals surface area contributed by atoms with Gasteiger partial charge in [-0.3, -0.25) is 4.98 Å². The number of aryl methyl sites for hydroxylation is 1. The fraction of sp³-hybridized carbons (Fsp3) is 0.429. The summed E-state index contributed by atoms with van der Waals surface area (Å²) >= 11 is 0. The summed E-state index contributed by atoms with van der Waals surface area (Å²) in [5.41, 5.74) is 1.90. The lowest BCUT2D eigenvalue weighted by Gasteiger charge is -2.05. The summed E-state index contributed by atoms with van der Waals surface area (Å²) in [6, 6.07) is 1.84. The predicted molar refractivity (Wildman–Crippen MR) is 71.4 cm³/mol. The van der Waals surface area contributed by atoms with E-state index in [4.69, 9.17) is 14.4 Å². The number of aliphatic carboxylic acids is 1. The van der Waals surface area contributed by atoms with Crippen molar-refractivity contribution < 1.29 is 19.2 Å². The molecule has 0 aromatic carbocycles. The van der Waals surface area contributed by atoms with Crippen molar-refractivity contribution in [2.24, 2.45) is 0 Å². The second kappa shape index (κ2) is 5.61. The van der Waals surface area contributed by atoms with Gasteiger partial charge in [-0.1, -0.05) is 12.1 Å². The molecular weight excluding hydrogens is 274 g/mol. The zero-order chi connectivity index (χ0) is 14.8. The van der Waals surface area contributed by atoms with Crippen LogP contribution in [-0.4, -0.2) is 32.3 Å². The van der Waals surface area contributed by atoms with Gasteiger partial charge in [0.05, 0.1) is 0 Å². The summed E-state index contributed by atoms with van der Waals surface area (Å²) in [6.45, 7) is 2.03. The maximum Gasteiger partial charge on any atom is 0.332 e. The molecule has 1 aliphatic heterocycles. The van der Waals surface area contributed by atoms with Crippen molar-refractivity contribution in [2.45, 2.75) is 38.4 Å². The van der Waals surface area contributed by atoms with Gasteiger partial charge in [0.2, 0.25) is 5.82 Å². The molecule has 3 heterocycles. The molecule has 0 amide bonds. The van der Waals surface area contributed by atoms with Crippen LogP contribution < -0.4 is 0 Å². The van der Waals surface area contributed by atoms with Gasteiger partial charge in [0.25, 0.3) is 5.89 Å². The van der Waals surface area contributed by atoms with Crippen molar-refractivity contribution in [1.29, 1.82) is 0 Å². The molecular formula is C14H15N3O4. The predicted octanol–water partition coefficient (Wildman–Crippen LogP) is 2.00. The number of carboxylic acids is 1. The minimum absolute atomic E-state index is 0.326. The molecule has 0 saturated carbocycles. The third-order valence-corrected chi connectivity index (χ3v) is 3.54. The molecule has 0 bridgehead atoms. The van der Waals surface area contributed by atoms with Crippen molar-refractivity contribution in [2.75, 3.05) is 0 Å². The molecule has 0 radical (unpaired) electrons. The van der Waals surface area contributed by atoms with Crippen molar-refractivity contribution in [1.82, 2.24) is 15.1 Å². The quantitative estimate of drug-likeness (QED) is 0.918. The van der Waals surface area contributed by atoms with Crippen LogP contribution in [0.2, 0.25) is 0 Å². The first-order chi connectivity index (χ1) is 10.2. The number of hydrogen-bond acceptors (Lipinski definition) is 6. The highest BCUT2D eigenvalue weighted by Crippen LogP contribution is 2.33. The Kier molecular flexibility index (Phi) is 3.66. The Morgan fingerprint density at radius 1 is 1.48 bits per heavy atom. The third kappa shape index (κ3) is 2.64. The zero-order valence-electron chi connectivity index (χ0n) is 11.5. The number of carboxylic acid groups (broad SMARTS) is 1. The largest absolute Gasteiger partial charge is 0.479 e. The molecule has 1 aliphatic rings. The molecule has 2 aromatic rings. The zero-order valence-corrected chi connectivity index (χ0v) is 11.5. The SMILES string of the molecule is CCc1cnccc1-c1noc(C2CCC(C(=O)O)O2)n1. The van der Waals surface area contributed by atoms with Crippen LogP contribution in [-0.2, 0) is 16.0 Å². The van der Waals surface area contributed by atoms with Crippen LogP contribution in [0, 0.1) is 0 Å². The van der Waals surface area contributed by atoms with Crippen LogP contribution >= 0.6 is 0 Å². The molecule has 2 unspecified atom stereocenters. The number of ether oxygens (including phenoxy) is 1. The second-order valence-corrected chi connectivity index (χ2v) is 4.87. The maximum absolute atomic E-state index is 10.9. The summed E-state index contributed by atoms with van der Waals surface area (Å²) in [7, 11) is 0. The lowest BCUT2D eigenvalue weighted by molar-refractivity contribution is -0.150. The molecule has 1 fully saturated rings. The summed E-state index contributed by atoms with van der Waals surface area (Å²) in [5, 5.41) is 12.9. The van der Waals surface area contributed by atoms with Gasteiger partial charge in [-0.15, -0.1) is 0 Å². The minimum Gasteiger partial charge on any atom is -0.479 e. The van der Waals surface area contributed by atoms with Gasteiger partial charge in [0.15, 0.2) is 6.10 Å². The van der Waals surface area contributed by atoms with Crippen LogP contribution in [0.1, 0.15) is 37.3 Å². The van der Waals surface area contributed by atoms with E-state index in [1.165, 1.54) is 0 Å². The molecule has 0 aliphatic carbocycles. The molecule has 21 heavy (non-hydrogen) atoms. The van der Waals surface area contributed by atoms with E-state index in [1.54, 1.807) is 12.4 Å². The Bertz CT molecular complexity index is 655. The summed E-state index contributed by atoms with van der Waals surface area (Å²) < 4.78 is 10.6. The Morgan fingerprint density at radius 3 is 3.05 bits per heavy atom. The highest BCUT2D eigenvalue weighted by Gasteiger charge is 2.34. The average molecular weight is 289 g/mol. The standard InChI is InChI=1S/C14H15N3O4/c1-2-8-7-15-6-5-9(8)12-16-13(21-17-12)10-3-4-11(20-10)14(18)19/h5-7,10-11H,2-4H2,1H3,(H,18,19). The molecule has 1 saturated heterocycles. The van der Waals surface area contributed by atoms with Crippen LogP contribution in [0.5, 0.6) is 0 Å². The summed E-state index contributed by atoms with van der Waals surface area (Å²) in [5.74, 6) is -0.154. The van der Waals surface area contributed by atoms with Crippen LogP contribution in [0.25, 0.3) is 11.4 Å². The Balaban J connectivity index is 1.82. The topological polar surface area (TPSA) is 98.3 Å². The van der Waals surface area contributed by atoms with Gasteiger partial charge >= 0.3 is 5.97 Å². The van der Waals surface area contributed by atoms with Crippen molar-refractivity contribution in [3.05, 3.63) is 29.9 Å². The van der Waals surface area contributed by atoms with Gasteiger partial charge in [-0.05, 0) is 30.9 Å². The van der Waals surface area contributed by atoms with Crippen molar-refractivity contribution in [3.8, 4) is 11.4 Å². The molecule has 1 N–H and O–H groups in total. The molecule has 2 aromatic heterocycles. The fourth-order valence-corrected chi connectivity index (χ4v) is 2.40. The number of hydrogen-bond donors (Lipinski definition) is 1. The summed E-state index contributed by atoms with van der Waals surface area (Å²) in [6.07, 6.45) is 4.04. The number of aromatic nitrogens is 3. The first kappa shape index (κ1) is 13.7. The molecule has 2 atom stereocenters. The van der Waals surface area contributed by atoms with Crippen LogP contribution in [0.15, 0.2) is 23.0 Å². The van der Waals surface area contributed by atoms with Crippen molar-refractivity contribution in [3.63, 3.8) is 0 Å². The first-order valence-electron chi connectivity index (χ1n) is 6.84. The molecule has 0 spiro atoms. The molecule has 7 heteroatoms. The molecule has 110 valence electrons. The fourth-order valence-electron chi connectivity index (χ4n) is 2.40. The van der Waals surface area contributed by atoms with Gasteiger partial charge in [-0.2, -0.15) is 4.98 Å². The van der Waals surface area contributed by atoms with Gasteiger partial charge in [0.1, 0.15) is 6.10 Å². The number of nitrogens with zero attached hydrogens (tertiary/aromatic N) is 3. The number of carbonyl (C=O) groups is 1. The highest BCUT2D eigenvalue weighted by atomic mass is 16.5. The first-order valence-corrected chi connectivity index (χ1v) is 6.84. The van der Waals surface area contributed by atoms with E-state index in [1.807, 2.05) is 13.0 Å². The monoisotopic (exact) mass is 289 g/mol. The Morgan fingerprint density at radius 2 is 2.33 bits per heavy atom. The van der Waals surface area contributed by atoms with Gasteiger partial charge in [-0.25, -0.2) is 4.79 Å². The Labute approximate surface area is 121 Å². The lowest BCUT2D eigenvalue weighted by Crippen LogP contribution is -2.18. The number of rotatable bonds is 4. The van der Waals surface area contributed by atoms with Gasteiger partial charge < -0.3 is 14.4 Å². The van der Waals surface area contributed by atoms with E-state index in [2.05, 4.69) is 15.1 Å². The van der Waals surface area contributed by atoms with E-state index >= 15 is 0 Å². The average Bonchev–Trinajstić information content (AvgIpc) is 3.16. The molecule has 7 nitrogen and oxygen atoms in total. The lowest BCUT2D eigenvalue weighted by atomic mass is 10.1. The Hall–Kier alpha value is -2.28. The van der Waals surface area contributed by atoms with E-state index < -0.39 is 18.2 Å². The van der Waals surface area contributed by atoms with E-state index in [0.717, 1.165) is 17.5 Å². The number of pyridine rings is 1. The van der Waals surface area contributed by atoms with Crippen LogP contribution in [0.3, 0.4) is 0 Å². The van der Waals surface area contributed by atoms with E-state index in [-0.39, 0.29) is 0 Å². The van der Waals surface area contributed by atoms with E-state index in [9.17, 15) is 4.79 Å². The summed E-state index contributed by atoms with van der Waals surface area (Å²) in [4.78, 5) is 19.3. The smallest absolute Gasteiger partial charge is 0.332 e.